The van der Waals surface area contributed by atoms with Crippen LogP contribution in [0.1, 0.15) is 47.0 Å². The lowest BCUT2D eigenvalue weighted by Gasteiger charge is -2.26. The first-order chi connectivity index (χ1) is 7.27. The van der Waals surface area contributed by atoms with E-state index in [4.69, 9.17) is 15.2 Å². The highest BCUT2D eigenvalue weighted by atomic mass is 16.5. The molecule has 1 fully saturated rings. The highest BCUT2D eigenvalue weighted by molar-refractivity contribution is 5.81. The first-order valence-electron chi connectivity index (χ1n) is 5.91. The molecular weight excluding hydrogens is 206 g/mol. The minimum Gasteiger partial charge on any atom is -0.465 e. The molecule has 0 heterocycles. The number of hydrogen-bond acceptors (Lipinski definition) is 4. The van der Waals surface area contributed by atoms with Crippen molar-refractivity contribution in [2.45, 2.75) is 64.2 Å². The molecule has 4 nitrogen and oxygen atoms in total. The van der Waals surface area contributed by atoms with Crippen molar-refractivity contribution in [3.8, 4) is 0 Å². The largest absolute Gasteiger partial charge is 0.465 e. The van der Waals surface area contributed by atoms with Gasteiger partial charge < -0.3 is 15.2 Å². The third-order valence-electron chi connectivity index (χ3n) is 2.71. The Morgan fingerprint density at radius 2 is 2.12 bits per heavy atom. The van der Waals surface area contributed by atoms with Gasteiger partial charge in [0.1, 0.15) is 5.54 Å². The van der Waals surface area contributed by atoms with Crippen LogP contribution in [0.3, 0.4) is 0 Å². The molecule has 0 aromatic rings. The third-order valence-corrected chi connectivity index (χ3v) is 2.71. The number of hydrogen-bond donors (Lipinski definition) is 1. The molecule has 0 radical (unpaired) electrons. The molecule has 0 amide bonds. The molecular formula is C12H23NO3. The van der Waals surface area contributed by atoms with Gasteiger partial charge in [0, 0.05) is 6.42 Å². The molecule has 4 heteroatoms. The number of nitrogens with two attached hydrogens (primary N) is 1. The summed E-state index contributed by atoms with van der Waals surface area (Å²) in [5, 5.41) is 0. The molecule has 0 bridgehead atoms. The Hall–Kier alpha value is -0.610. The minimum atomic E-state index is -0.841. The van der Waals surface area contributed by atoms with Crippen LogP contribution < -0.4 is 5.73 Å². The summed E-state index contributed by atoms with van der Waals surface area (Å²) in [5.74, 6) is -0.296. The van der Waals surface area contributed by atoms with Crippen molar-refractivity contribution in [2.24, 2.45) is 5.73 Å². The maximum atomic E-state index is 11.7. The van der Waals surface area contributed by atoms with Gasteiger partial charge in [-0.2, -0.15) is 0 Å². The molecule has 0 aliphatic heterocycles. The molecule has 2 unspecified atom stereocenters. The Morgan fingerprint density at radius 1 is 1.50 bits per heavy atom. The van der Waals surface area contributed by atoms with E-state index in [1.807, 2.05) is 20.8 Å². The van der Waals surface area contributed by atoms with Crippen LogP contribution in [0.15, 0.2) is 0 Å². The van der Waals surface area contributed by atoms with E-state index in [1.54, 1.807) is 6.92 Å². The summed E-state index contributed by atoms with van der Waals surface area (Å²) >= 11 is 0. The monoisotopic (exact) mass is 229 g/mol. The van der Waals surface area contributed by atoms with E-state index in [0.29, 0.717) is 19.4 Å². The summed E-state index contributed by atoms with van der Waals surface area (Å²) in [6, 6.07) is 0. The van der Waals surface area contributed by atoms with Gasteiger partial charge >= 0.3 is 5.97 Å². The highest BCUT2D eigenvalue weighted by Gasteiger charge is 2.44. The van der Waals surface area contributed by atoms with Crippen LogP contribution in [-0.2, 0) is 14.3 Å². The third kappa shape index (κ3) is 3.46. The van der Waals surface area contributed by atoms with Gasteiger partial charge in [-0.1, -0.05) is 0 Å². The normalized spacial score (nSPS) is 30.4. The molecule has 2 atom stereocenters. The minimum absolute atomic E-state index is 0.0643. The average Bonchev–Trinajstić information content (AvgIpc) is 2.46. The topological polar surface area (TPSA) is 61.5 Å². The lowest BCUT2D eigenvalue weighted by Crippen LogP contribution is -2.47. The molecule has 16 heavy (non-hydrogen) atoms. The Kier molecular flexibility index (Phi) is 3.97. The Balaban J connectivity index is 2.53. The van der Waals surface area contributed by atoms with Gasteiger partial charge in [-0.05, 0) is 40.5 Å². The van der Waals surface area contributed by atoms with Gasteiger partial charge in [0.25, 0.3) is 0 Å². The second kappa shape index (κ2) is 4.72. The summed E-state index contributed by atoms with van der Waals surface area (Å²) in [6.07, 6.45) is 2.09. The van der Waals surface area contributed by atoms with E-state index in [9.17, 15) is 4.79 Å². The van der Waals surface area contributed by atoms with Crippen LogP contribution in [0.5, 0.6) is 0 Å². The van der Waals surface area contributed by atoms with E-state index in [1.165, 1.54) is 0 Å². The molecule has 1 aliphatic carbocycles. The fourth-order valence-corrected chi connectivity index (χ4v) is 2.09. The van der Waals surface area contributed by atoms with Crippen molar-refractivity contribution in [1.29, 1.82) is 0 Å². The van der Waals surface area contributed by atoms with Crippen LogP contribution in [0.25, 0.3) is 0 Å². The zero-order valence-electron chi connectivity index (χ0n) is 10.7. The molecule has 2 N–H and O–H groups in total. The van der Waals surface area contributed by atoms with Crippen molar-refractivity contribution in [3.05, 3.63) is 0 Å². The van der Waals surface area contributed by atoms with E-state index in [2.05, 4.69) is 0 Å². The van der Waals surface area contributed by atoms with Crippen LogP contribution >= 0.6 is 0 Å². The van der Waals surface area contributed by atoms with Crippen LogP contribution in [0.4, 0.5) is 0 Å². The maximum absolute atomic E-state index is 11.7. The Bertz CT molecular complexity index is 259. The zero-order valence-corrected chi connectivity index (χ0v) is 10.7. The summed E-state index contributed by atoms with van der Waals surface area (Å²) in [4.78, 5) is 11.7. The Morgan fingerprint density at radius 3 is 2.62 bits per heavy atom. The summed E-state index contributed by atoms with van der Waals surface area (Å²) in [6.45, 7) is 8.19. The standard InChI is InChI=1S/C12H23NO3/c1-5-15-10(14)12(13)7-6-9(8-12)16-11(2,3)4/h9H,5-8,13H2,1-4H3. The van der Waals surface area contributed by atoms with Crippen LogP contribution in [-0.4, -0.2) is 29.8 Å². The number of esters is 1. The fourth-order valence-electron chi connectivity index (χ4n) is 2.09. The maximum Gasteiger partial charge on any atom is 0.326 e. The van der Waals surface area contributed by atoms with E-state index < -0.39 is 5.54 Å². The number of carbonyl (C=O) groups is 1. The highest BCUT2D eigenvalue weighted by Crippen LogP contribution is 2.33. The van der Waals surface area contributed by atoms with E-state index in [0.717, 1.165) is 6.42 Å². The van der Waals surface area contributed by atoms with Gasteiger partial charge in [0.15, 0.2) is 0 Å². The molecule has 0 saturated heterocycles. The van der Waals surface area contributed by atoms with Crippen LogP contribution in [0.2, 0.25) is 0 Å². The second-order valence-electron chi connectivity index (χ2n) is 5.47. The van der Waals surface area contributed by atoms with Crippen molar-refractivity contribution in [3.63, 3.8) is 0 Å². The molecule has 0 spiro atoms. The number of ether oxygens (including phenoxy) is 2. The van der Waals surface area contributed by atoms with Gasteiger partial charge in [-0.15, -0.1) is 0 Å². The summed E-state index contributed by atoms with van der Waals surface area (Å²) in [7, 11) is 0. The quantitative estimate of drug-likeness (QED) is 0.747. The Labute approximate surface area is 97.5 Å². The SMILES string of the molecule is CCOC(=O)C1(N)CCC(OC(C)(C)C)C1. The molecule has 94 valence electrons. The fraction of sp³-hybridized carbons (Fsp3) is 0.917. The van der Waals surface area contributed by atoms with Gasteiger partial charge in [-0.25, -0.2) is 0 Å². The van der Waals surface area contributed by atoms with Gasteiger partial charge in [0.05, 0.1) is 18.3 Å². The zero-order chi connectivity index (χ0) is 12.4. The lowest BCUT2D eigenvalue weighted by molar-refractivity contribution is -0.150. The predicted molar refractivity (Wildman–Crippen MR) is 62.0 cm³/mol. The summed E-state index contributed by atoms with van der Waals surface area (Å²) < 4.78 is 10.8. The number of carbonyl (C=O) groups excluding carboxylic acids is 1. The number of rotatable bonds is 3. The van der Waals surface area contributed by atoms with Crippen molar-refractivity contribution in [2.75, 3.05) is 6.61 Å². The first-order valence-corrected chi connectivity index (χ1v) is 5.91. The van der Waals surface area contributed by atoms with Crippen molar-refractivity contribution in [1.82, 2.24) is 0 Å². The van der Waals surface area contributed by atoms with Crippen LogP contribution in [0, 0.1) is 0 Å². The first kappa shape index (κ1) is 13.5. The second-order valence-corrected chi connectivity index (χ2v) is 5.47. The molecule has 0 aromatic carbocycles. The van der Waals surface area contributed by atoms with E-state index in [-0.39, 0.29) is 17.7 Å². The van der Waals surface area contributed by atoms with Crippen molar-refractivity contribution < 1.29 is 14.3 Å². The smallest absolute Gasteiger partial charge is 0.326 e. The molecule has 1 rings (SSSR count). The molecule has 1 aliphatic rings. The van der Waals surface area contributed by atoms with Gasteiger partial charge in [-0.3, -0.25) is 4.79 Å². The molecule has 1 saturated carbocycles. The lowest BCUT2D eigenvalue weighted by atomic mass is 9.99. The predicted octanol–water partition coefficient (Wildman–Crippen LogP) is 1.61. The molecule has 0 aromatic heterocycles. The summed E-state index contributed by atoms with van der Waals surface area (Å²) in [5.41, 5.74) is 5.01. The van der Waals surface area contributed by atoms with Crippen molar-refractivity contribution >= 4 is 5.97 Å². The average molecular weight is 229 g/mol. The van der Waals surface area contributed by atoms with Gasteiger partial charge in [0.2, 0.25) is 0 Å². The van der Waals surface area contributed by atoms with E-state index >= 15 is 0 Å².